The van der Waals surface area contributed by atoms with Crippen LogP contribution in [0, 0.1) is 11.3 Å². The van der Waals surface area contributed by atoms with Crippen LogP contribution in [0.2, 0.25) is 0 Å². The number of halogens is 1. The summed E-state index contributed by atoms with van der Waals surface area (Å²) in [5.41, 5.74) is 2.14. The van der Waals surface area contributed by atoms with Gasteiger partial charge in [0, 0.05) is 16.5 Å². The number of rotatable bonds is 0. The van der Waals surface area contributed by atoms with E-state index in [2.05, 4.69) is 22.0 Å². The molecule has 70 valence electrons. The smallest absolute Gasteiger partial charge is 0.164 e. The first-order valence-electron chi connectivity index (χ1n) is 4.48. The summed E-state index contributed by atoms with van der Waals surface area (Å²) in [4.78, 5) is 11.6. The third-order valence-corrected chi connectivity index (χ3v) is 3.23. The Hall–Kier alpha value is -1.14. The van der Waals surface area contributed by atoms with E-state index in [-0.39, 0.29) is 5.78 Å². The normalized spacial score (nSPS) is 14.7. The van der Waals surface area contributed by atoms with E-state index >= 15 is 0 Å². The van der Waals surface area contributed by atoms with Crippen LogP contribution in [0.25, 0.3) is 0 Å². The highest BCUT2D eigenvalue weighted by molar-refractivity contribution is 9.10. The van der Waals surface area contributed by atoms with E-state index in [0.29, 0.717) is 17.5 Å². The van der Waals surface area contributed by atoms with Gasteiger partial charge >= 0.3 is 0 Å². The SMILES string of the molecule is N#Cc1ccc(Br)c2c1C(=O)CCC2. The molecule has 0 fully saturated rings. The molecule has 1 aliphatic rings. The lowest BCUT2D eigenvalue weighted by Gasteiger charge is -2.16. The molecule has 0 saturated heterocycles. The molecule has 0 heterocycles. The van der Waals surface area contributed by atoms with E-state index in [1.165, 1.54) is 0 Å². The van der Waals surface area contributed by atoms with Gasteiger partial charge in [0.15, 0.2) is 5.78 Å². The zero-order valence-corrected chi connectivity index (χ0v) is 9.10. The molecule has 0 aromatic heterocycles. The second-order valence-electron chi connectivity index (χ2n) is 3.34. The third-order valence-electron chi connectivity index (χ3n) is 2.49. The van der Waals surface area contributed by atoms with Crippen molar-refractivity contribution in [3.8, 4) is 6.07 Å². The number of carbonyl (C=O) groups is 1. The van der Waals surface area contributed by atoms with Crippen LogP contribution >= 0.6 is 15.9 Å². The topological polar surface area (TPSA) is 40.9 Å². The van der Waals surface area contributed by atoms with E-state index in [1.807, 2.05) is 6.07 Å². The van der Waals surface area contributed by atoms with Crippen molar-refractivity contribution in [2.75, 3.05) is 0 Å². The lowest BCUT2D eigenvalue weighted by molar-refractivity contribution is 0.0972. The van der Waals surface area contributed by atoms with Gasteiger partial charge in [-0.3, -0.25) is 4.79 Å². The van der Waals surface area contributed by atoms with Crippen molar-refractivity contribution in [1.82, 2.24) is 0 Å². The van der Waals surface area contributed by atoms with Gasteiger partial charge in [-0.1, -0.05) is 15.9 Å². The van der Waals surface area contributed by atoms with Gasteiger partial charge in [0.2, 0.25) is 0 Å². The molecule has 0 atom stereocenters. The van der Waals surface area contributed by atoms with Gasteiger partial charge in [0.25, 0.3) is 0 Å². The maximum absolute atomic E-state index is 11.6. The van der Waals surface area contributed by atoms with Crippen molar-refractivity contribution in [2.24, 2.45) is 0 Å². The Balaban J connectivity index is 2.72. The molecule has 0 bridgehead atoms. The average molecular weight is 250 g/mol. The molecule has 2 rings (SSSR count). The van der Waals surface area contributed by atoms with Crippen LogP contribution in [0.15, 0.2) is 16.6 Å². The molecule has 0 aliphatic heterocycles. The molecule has 0 saturated carbocycles. The Morgan fingerprint density at radius 3 is 2.86 bits per heavy atom. The number of hydrogen-bond donors (Lipinski definition) is 0. The van der Waals surface area contributed by atoms with Crippen LogP contribution in [-0.4, -0.2) is 5.78 Å². The molecular formula is C11H8BrNO. The van der Waals surface area contributed by atoms with Crippen molar-refractivity contribution in [1.29, 1.82) is 5.26 Å². The molecule has 0 amide bonds. The van der Waals surface area contributed by atoms with Gasteiger partial charge < -0.3 is 0 Å². The Bertz CT molecular complexity index is 445. The molecule has 3 heteroatoms. The van der Waals surface area contributed by atoms with Gasteiger partial charge in [-0.2, -0.15) is 5.26 Å². The third kappa shape index (κ3) is 1.36. The van der Waals surface area contributed by atoms with Gasteiger partial charge in [0.1, 0.15) is 0 Å². The van der Waals surface area contributed by atoms with Gasteiger partial charge in [-0.25, -0.2) is 0 Å². The zero-order valence-electron chi connectivity index (χ0n) is 7.51. The maximum Gasteiger partial charge on any atom is 0.164 e. The van der Waals surface area contributed by atoms with Gasteiger partial charge in [-0.15, -0.1) is 0 Å². The van der Waals surface area contributed by atoms with Crippen LogP contribution in [-0.2, 0) is 6.42 Å². The molecule has 0 radical (unpaired) electrons. The molecule has 0 unspecified atom stereocenters. The fourth-order valence-electron chi connectivity index (χ4n) is 1.83. The second-order valence-corrected chi connectivity index (χ2v) is 4.19. The van der Waals surface area contributed by atoms with E-state index in [4.69, 9.17) is 5.26 Å². The quantitative estimate of drug-likeness (QED) is 0.710. The molecule has 2 nitrogen and oxygen atoms in total. The van der Waals surface area contributed by atoms with Crippen molar-refractivity contribution in [3.05, 3.63) is 33.3 Å². The standard InChI is InChI=1S/C11H8BrNO/c12-9-5-4-7(6-13)11-8(9)2-1-3-10(11)14/h4-5H,1-3H2. The van der Waals surface area contributed by atoms with E-state index in [0.717, 1.165) is 22.9 Å². The zero-order chi connectivity index (χ0) is 10.1. The number of nitrogens with zero attached hydrogens (tertiary/aromatic N) is 1. The summed E-state index contributed by atoms with van der Waals surface area (Å²) < 4.78 is 0.944. The summed E-state index contributed by atoms with van der Waals surface area (Å²) >= 11 is 3.41. The van der Waals surface area contributed by atoms with Crippen LogP contribution < -0.4 is 0 Å². The summed E-state index contributed by atoms with van der Waals surface area (Å²) in [5, 5.41) is 8.88. The summed E-state index contributed by atoms with van der Waals surface area (Å²) in [6.07, 6.45) is 2.34. The first kappa shape index (κ1) is 9.42. The monoisotopic (exact) mass is 249 g/mol. The Kier molecular flexibility index (Phi) is 2.39. The van der Waals surface area contributed by atoms with Crippen molar-refractivity contribution in [2.45, 2.75) is 19.3 Å². The first-order chi connectivity index (χ1) is 6.74. The Morgan fingerprint density at radius 1 is 1.36 bits per heavy atom. The van der Waals surface area contributed by atoms with E-state index in [1.54, 1.807) is 6.07 Å². The summed E-state index contributed by atoms with van der Waals surface area (Å²) in [7, 11) is 0. The minimum atomic E-state index is 0.101. The number of ketones is 1. The van der Waals surface area contributed by atoms with Gasteiger partial charge in [-0.05, 0) is 30.5 Å². The number of fused-ring (bicyclic) bond motifs is 1. The highest BCUT2D eigenvalue weighted by atomic mass is 79.9. The Labute approximate surface area is 90.7 Å². The fourth-order valence-corrected chi connectivity index (χ4v) is 2.36. The highest BCUT2D eigenvalue weighted by Crippen LogP contribution is 2.30. The van der Waals surface area contributed by atoms with Crippen LogP contribution in [0.1, 0.15) is 34.3 Å². The molecular weight excluding hydrogens is 242 g/mol. The predicted molar refractivity (Wildman–Crippen MR) is 56.1 cm³/mol. The lowest BCUT2D eigenvalue weighted by atomic mass is 9.88. The molecule has 1 aromatic rings. The Morgan fingerprint density at radius 2 is 2.14 bits per heavy atom. The van der Waals surface area contributed by atoms with Crippen LogP contribution in [0.5, 0.6) is 0 Å². The number of nitriles is 1. The largest absolute Gasteiger partial charge is 0.294 e. The number of benzene rings is 1. The van der Waals surface area contributed by atoms with Crippen LogP contribution in [0.4, 0.5) is 0 Å². The predicted octanol–water partition coefficient (Wildman–Crippen LogP) is 2.84. The fraction of sp³-hybridized carbons (Fsp3) is 0.273. The maximum atomic E-state index is 11.6. The number of hydrogen-bond acceptors (Lipinski definition) is 2. The van der Waals surface area contributed by atoms with Crippen molar-refractivity contribution < 1.29 is 4.79 Å². The first-order valence-corrected chi connectivity index (χ1v) is 5.28. The summed E-state index contributed by atoms with van der Waals surface area (Å²) in [6, 6.07) is 5.61. The minimum absolute atomic E-state index is 0.101. The van der Waals surface area contributed by atoms with Crippen molar-refractivity contribution >= 4 is 21.7 Å². The van der Waals surface area contributed by atoms with E-state index < -0.39 is 0 Å². The summed E-state index contributed by atoms with van der Waals surface area (Å²) in [5.74, 6) is 0.101. The summed E-state index contributed by atoms with van der Waals surface area (Å²) in [6.45, 7) is 0. The molecule has 0 N–H and O–H groups in total. The molecule has 14 heavy (non-hydrogen) atoms. The second kappa shape index (κ2) is 3.55. The van der Waals surface area contributed by atoms with Gasteiger partial charge in [0.05, 0.1) is 11.6 Å². The van der Waals surface area contributed by atoms with Crippen LogP contribution in [0.3, 0.4) is 0 Å². The highest BCUT2D eigenvalue weighted by Gasteiger charge is 2.22. The number of carbonyl (C=O) groups excluding carboxylic acids is 1. The minimum Gasteiger partial charge on any atom is -0.294 e. The number of Topliss-reactive ketones (excluding diaryl/α,β-unsaturated/α-hetero) is 1. The molecule has 1 aliphatic carbocycles. The molecule has 1 aromatic carbocycles. The molecule has 0 spiro atoms. The van der Waals surface area contributed by atoms with Crippen molar-refractivity contribution in [3.63, 3.8) is 0 Å². The average Bonchev–Trinajstić information content (AvgIpc) is 2.20. The van der Waals surface area contributed by atoms with E-state index in [9.17, 15) is 4.79 Å². The lowest BCUT2D eigenvalue weighted by Crippen LogP contribution is -2.13.